The van der Waals surface area contributed by atoms with Crippen LogP contribution < -0.4 is 10.9 Å². The molecule has 0 aromatic heterocycles. The Morgan fingerprint density at radius 3 is 2.57 bits per heavy atom. The molecular formula is C4H13N2V+. The van der Waals surface area contributed by atoms with Crippen molar-refractivity contribution in [1.29, 1.82) is 0 Å². The van der Waals surface area contributed by atoms with E-state index in [1.807, 2.05) is 6.21 Å². The Balaban J connectivity index is -0.000000125. The summed E-state index contributed by atoms with van der Waals surface area (Å²) in [5.41, 5.74) is 0. The number of unbranched alkanes of at least 4 members (excludes halogenated alkanes) is 1. The zero-order valence-corrected chi connectivity index (χ0v) is 5.91. The topological polar surface area (TPSA) is 40.0 Å². The van der Waals surface area contributed by atoms with Gasteiger partial charge in [0, 0.05) is 26.4 Å². The van der Waals surface area contributed by atoms with E-state index in [-0.39, 0.29) is 20.0 Å². The van der Waals surface area contributed by atoms with Crippen LogP contribution >= 0.6 is 0 Å². The molecule has 0 aliphatic rings. The van der Waals surface area contributed by atoms with Gasteiger partial charge in [0.05, 0.1) is 0 Å². The minimum Gasteiger partial charge on any atom is -0.213 e. The summed E-state index contributed by atoms with van der Waals surface area (Å²) in [5.74, 6) is 4.91. The van der Waals surface area contributed by atoms with Crippen LogP contribution in [0.15, 0.2) is 0 Å². The summed E-state index contributed by atoms with van der Waals surface area (Å²) in [6.07, 6.45) is 4.04. The Bertz CT molecular complexity index is 49.3. The Labute approximate surface area is 57.5 Å². The maximum Gasteiger partial charge on any atom is 0.167 e. The maximum absolute atomic E-state index is 4.91. The molecule has 3 N–H and O–H groups in total. The van der Waals surface area contributed by atoms with Crippen LogP contribution in [0.1, 0.15) is 21.2 Å². The van der Waals surface area contributed by atoms with Crippen LogP contribution in [-0.4, -0.2) is 6.21 Å². The van der Waals surface area contributed by atoms with Crippen molar-refractivity contribution < 1.29 is 25.1 Å². The number of hydrazone groups is 1. The normalized spacial score (nSPS) is 8.71. The number of rotatable bonds is 2. The number of nitrogens with two attached hydrogens (primary N) is 1. The van der Waals surface area contributed by atoms with Gasteiger partial charge in [0.15, 0.2) is 6.21 Å². The van der Waals surface area contributed by atoms with Gasteiger partial charge in [0.2, 0.25) is 0 Å². The third-order valence-corrected chi connectivity index (χ3v) is 0.551. The van der Waals surface area contributed by atoms with Gasteiger partial charge in [0.1, 0.15) is 0 Å². The number of hydrogen-bond acceptors (Lipinski definition) is 1. The van der Waals surface area contributed by atoms with Crippen LogP contribution in [0.4, 0.5) is 0 Å². The van der Waals surface area contributed by atoms with Crippen molar-refractivity contribution in [3.8, 4) is 0 Å². The summed E-state index contributed by atoms with van der Waals surface area (Å²) in [4.78, 5) is 0. The molecule has 0 saturated carbocycles. The number of nitrogens with one attached hydrogen (secondary N) is 1. The molecule has 0 amide bonds. The van der Waals surface area contributed by atoms with Gasteiger partial charge in [0.25, 0.3) is 0 Å². The third-order valence-electron chi connectivity index (χ3n) is 0.551. The van der Waals surface area contributed by atoms with E-state index >= 15 is 0 Å². The summed E-state index contributed by atoms with van der Waals surface area (Å²) < 4.78 is 0. The molecule has 0 atom stereocenters. The Morgan fingerprint density at radius 2 is 2.43 bits per heavy atom. The summed E-state index contributed by atoms with van der Waals surface area (Å²) in [7, 11) is 0. The van der Waals surface area contributed by atoms with E-state index in [2.05, 4.69) is 12.0 Å². The van der Waals surface area contributed by atoms with E-state index in [1.165, 1.54) is 0 Å². The smallest absolute Gasteiger partial charge is 0.167 e. The van der Waals surface area contributed by atoms with Gasteiger partial charge in [-0.2, -0.15) is 0 Å². The van der Waals surface area contributed by atoms with Crippen molar-refractivity contribution in [2.75, 3.05) is 0 Å². The minimum absolute atomic E-state index is 0. The van der Waals surface area contributed by atoms with Crippen molar-refractivity contribution in [2.45, 2.75) is 19.8 Å². The molecule has 0 aliphatic heterocycles. The Hall–Kier alpha value is 0.0544. The molecule has 0 spiro atoms. The number of hydrogen-bond donors (Lipinski definition) is 2. The zero-order valence-electron chi connectivity index (χ0n) is 4.52. The molecule has 1 radical (unpaired) electrons. The summed E-state index contributed by atoms with van der Waals surface area (Å²) in [5, 5.41) is 2.44. The first-order valence-corrected chi connectivity index (χ1v) is 2.19. The van der Waals surface area contributed by atoms with E-state index in [1.54, 1.807) is 0 Å². The van der Waals surface area contributed by atoms with Crippen molar-refractivity contribution >= 4 is 6.21 Å². The van der Waals surface area contributed by atoms with Gasteiger partial charge in [-0.25, -0.2) is 5.84 Å². The molecule has 2 nitrogen and oxygen atoms in total. The second-order valence-electron chi connectivity index (χ2n) is 1.16. The van der Waals surface area contributed by atoms with Crippen molar-refractivity contribution in [1.82, 2.24) is 0 Å². The Kier molecular flexibility index (Phi) is 13.6. The van der Waals surface area contributed by atoms with Gasteiger partial charge in [-0.3, -0.25) is 0 Å². The molecule has 0 unspecified atom stereocenters. The molecular weight excluding hydrogens is 127 g/mol. The molecule has 0 aliphatic carbocycles. The molecule has 0 heterocycles. The first-order valence-electron chi connectivity index (χ1n) is 2.19. The maximum atomic E-state index is 4.91. The second kappa shape index (κ2) is 9.41. The molecule has 0 saturated heterocycles. The van der Waals surface area contributed by atoms with E-state index < -0.39 is 0 Å². The molecule has 0 aromatic carbocycles. The monoisotopic (exact) mass is 140 g/mol. The van der Waals surface area contributed by atoms with Gasteiger partial charge in [-0.1, -0.05) is 6.92 Å². The van der Waals surface area contributed by atoms with Crippen LogP contribution in [0.5, 0.6) is 0 Å². The third kappa shape index (κ3) is 10.7. The summed E-state index contributed by atoms with van der Waals surface area (Å²) >= 11 is 0. The molecule has 43 valence electrons. The Morgan fingerprint density at radius 1 is 1.86 bits per heavy atom. The van der Waals surface area contributed by atoms with Crippen molar-refractivity contribution in [2.24, 2.45) is 5.84 Å². The van der Waals surface area contributed by atoms with Gasteiger partial charge in [-0.15, -0.1) is 5.10 Å². The fourth-order valence-corrected chi connectivity index (χ4v) is 0.228. The van der Waals surface area contributed by atoms with Gasteiger partial charge in [-0.05, 0) is 6.42 Å². The predicted octanol–water partition coefficient (Wildman–Crippen LogP) is -0.945. The minimum atomic E-state index is 0. The molecule has 0 rings (SSSR count). The van der Waals surface area contributed by atoms with E-state index in [0.717, 1.165) is 12.8 Å². The van der Waals surface area contributed by atoms with Crippen LogP contribution in [-0.2, 0) is 18.6 Å². The van der Waals surface area contributed by atoms with Gasteiger partial charge >= 0.3 is 0 Å². The van der Waals surface area contributed by atoms with E-state index in [4.69, 9.17) is 5.84 Å². The average molecular weight is 140 g/mol. The summed E-state index contributed by atoms with van der Waals surface area (Å²) in [6, 6.07) is 0. The van der Waals surface area contributed by atoms with Gasteiger partial charge < -0.3 is 0 Å². The standard InChI is InChI=1S/C4H10N2.V.H2/c1-2-3-4-6-5;;/h4H,2-3,5H2,1H3;;1H/p+1. The van der Waals surface area contributed by atoms with Crippen LogP contribution in [0.2, 0.25) is 0 Å². The largest absolute Gasteiger partial charge is 0.213 e. The molecule has 0 fully saturated rings. The van der Waals surface area contributed by atoms with Crippen LogP contribution in [0.25, 0.3) is 0 Å². The fraction of sp³-hybridized carbons (Fsp3) is 0.750. The average Bonchev–Trinajstić information content (AvgIpc) is 1.61. The zero-order chi connectivity index (χ0) is 4.83. The molecule has 0 bridgehead atoms. The SMILES string of the molecule is CCCC=[NH+]N.[HH].[V]. The summed E-state index contributed by atoms with van der Waals surface area (Å²) in [6.45, 7) is 2.10. The number of hydrazine groups is 1. The molecule has 7 heavy (non-hydrogen) atoms. The van der Waals surface area contributed by atoms with Crippen molar-refractivity contribution in [3.63, 3.8) is 0 Å². The molecule has 3 heteroatoms. The molecule has 0 aromatic rings. The first-order chi connectivity index (χ1) is 2.91. The van der Waals surface area contributed by atoms with E-state index in [0.29, 0.717) is 0 Å². The van der Waals surface area contributed by atoms with E-state index in [9.17, 15) is 0 Å². The fourth-order valence-electron chi connectivity index (χ4n) is 0.228. The van der Waals surface area contributed by atoms with Crippen molar-refractivity contribution in [3.05, 3.63) is 0 Å². The van der Waals surface area contributed by atoms with Crippen LogP contribution in [0.3, 0.4) is 0 Å². The first kappa shape index (κ1) is 10.1. The quantitative estimate of drug-likeness (QED) is 0.290. The van der Waals surface area contributed by atoms with Crippen LogP contribution in [0, 0.1) is 0 Å². The predicted molar refractivity (Wildman–Crippen MR) is 28.2 cm³/mol. The second-order valence-corrected chi connectivity index (χ2v) is 1.16.